The number of carbonyl (C=O) groups is 2. The van der Waals surface area contributed by atoms with Crippen molar-refractivity contribution in [2.24, 2.45) is 0 Å². The predicted molar refractivity (Wildman–Crippen MR) is 149 cm³/mol. The summed E-state index contributed by atoms with van der Waals surface area (Å²) in [7, 11) is 3.23. The molecule has 1 heterocycles. The number of ether oxygens (including phenoxy) is 2. The third-order valence-corrected chi connectivity index (χ3v) is 7.19. The van der Waals surface area contributed by atoms with Crippen molar-refractivity contribution < 1.29 is 19.1 Å². The van der Waals surface area contributed by atoms with Gasteiger partial charge in [0.05, 0.1) is 14.2 Å². The van der Waals surface area contributed by atoms with Gasteiger partial charge < -0.3 is 19.3 Å². The minimum atomic E-state index is -0.135. The highest BCUT2D eigenvalue weighted by atomic mass is 16.5. The molecule has 0 atom stereocenters. The van der Waals surface area contributed by atoms with Gasteiger partial charge in [-0.2, -0.15) is 0 Å². The quantitative estimate of drug-likeness (QED) is 0.331. The van der Waals surface area contributed by atoms with Gasteiger partial charge >= 0.3 is 0 Å². The second-order valence-electron chi connectivity index (χ2n) is 9.57. The summed E-state index contributed by atoms with van der Waals surface area (Å²) in [6.07, 6.45) is 1.40. The van der Waals surface area contributed by atoms with Gasteiger partial charge in [0, 0.05) is 25.2 Å². The smallest absolute Gasteiger partial charge is 0.254 e. The first-order valence-electron chi connectivity index (χ1n) is 12.9. The molecule has 38 heavy (non-hydrogen) atoms. The number of rotatable bonds is 8. The SMILES string of the molecule is COc1cc2c(cc1OC)CN(C(=O)CN(CCc1ccccc1)C(=O)c1ccc3ccccc3c1)CC2. The summed E-state index contributed by atoms with van der Waals surface area (Å²) < 4.78 is 10.9. The summed E-state index contributed by atoms with van der Waals surface area (Å²) in [5.74, 6) is 1.15. The Morgan fingerprint density at radius 2 is 1.50 bits per heavy atom. The minimum absolute atomic E-state index is 0.0289. The Balaban J connectivity index is 1.36. The molecule has 0 saturated heterocycles. The lowest BCUT2D eigenvalue weighted by Crippen LogP contribution is -2.45. The average molecular weight is 509 g/mol. The summed E-state index contributed by atoms with van der Waals surface area (Å²) >= 11 is 0. The normalized spacial score (nSPS) is 12.6. The maximum Gasteiger partial charge on any atom is 0.254 e. The lowest BCUT2D eigenvalue weighted by Gasteiger charge is -2.32. The fourth-order valence-electron chi connectivity index (χ4n) is 5.03. The molecule has 0 aliphatic carbocycles. The molecule has 0 unspecified atom stereocenters. The topological polar surface area (TPSA) is 59.1 Å². The molecule has 0 bridgehead atoms. The van der Waals surface area contributed by atoms with Crippen LogP contribution in [-0.2, 0) is 24.2 Å². The van der Waals surface area contributed by atoms with Crippen molar-refractivity contribution in [2.45, 2.75) is 19.4 Å². The van der Waals surface area contributed by atoms with Gasteiger partial charge in [-0.05, 0) is 64.6 Å². The van der Waals surface area contributed by atoms with E-state index in [2.05, 4.69) is 0 Å². The van der Waals surface area contributed by atoms with Crippen LogP contribution in [0.1, 0.15) is 27.0 Å². The molecule has 5 rings (SSSR count). The van der Waals surface area contributed by atoms with E-state index in [1.54, 1.807) is 19.1 Å². The second kappa shape index (κ2) is 11.4. The third-order valence-electron chi connectivity index (χ3n) is 7.19. The highest BCUT2D eigenvalue weighted by molar-refractivity contribution is 6.00. The first-order valence-corrected chi connectivity index (χ1v) is 12.9. The molecule has 1 aliphatic heterocycles. The fourth-order valence-corrected chi connectivity index (χ4v) is 5.03. The van der Waals surface area contributed by atoms with Crippen LogP contribution in [0.2, 0.25) is 0 Å². The van der Waals surface area contributed by atoms with E-state index >= 15 is 0 Å². The van der Waals surface area contributed by atoms with Gasteiger partial charge in [-0.3, -0.25) is 9.59 Å². The summed E-state index contributed by atoms with van der Waals surface area (Å²) in [5, 5.41) is 2.08. The highest BCUT2D eigenvalue weighted by Crippen LogP contribution is 2.33. The highest BCUT2D eigenvalue weighted by Gasteiger charge is 2.26. The third kappa shape index (κ3) is 5.49. The number of amides is 2. The van der Waals surface area contributed by atoms with Gasteiger partial charge in [0.25, 0.3) is 5.91 Å². The van der Waals surface area contributed by atoms with E-state index in [-0.39, 0.29) is 18.4 Å². The number of benzene rings is 4. The van der Waals surface area contributed by atoms with Crippen molar-refractivity contribution >= 4 is 22.6 Å². The zero-order valence-corrected chi connectivity index (χ0v) is 21.9. The Morgan fingerprint density at radius 3 is 2.24 bits per heavy atom. The van der Waals surface area contributed by atoms with E-state index in [0.717, 1.165) is 33.9 Å². The minimum Gasteiger partial charge on any atom is -0.493 e. The molecule has 0 fully saturated rings. The maximum atomic E-state index is 13.7. The number of hydrogen-bond acceptors (Lipinski definition) is 4. The molecule has 0 aromatic heterocycles. The number of methoxy groups -OCH3 is 2. The van der Waals surface area contributed by atoms with Gasteiger partial charge in [-0.1, -0.05) is 60.7 Å². The number of hydrogen-bond donors (Lipinski definition) is 0. The Hall–Kier alpha value is -4.32. The van der Waals surface area contributed by atoms with Gasteiger partial charge in [-0.25, -0.2) is 0 Å². The Morgan fingerprint density at radius 1 is 0.816 bits per heavy atom. The maximum absolute atomic E-state index is 13.7. The van der Waals surface area contributed by atoms with Gasteiger partial charge in [-0.15, -0.1) is 0 Å². The van der Waals surface area contributed by atoms with Gasteiger partial charge in [0.2, 0.25) is 5.91 Å². The molecule has 0 spiro atoms. The van der Waals surface area contributed by atoms with Crippen molar-refractivity contribution in [3.05, 3.63) is 107 Å². The molecular weight excluding hydrogens is 476 g/mol. The van der Waals surface area contributed by atoms with Crippen molar-refractivity contribution in [1.82, 2.24) is 9.80 Å². The molecule has 6 nitrogen and oxygen atoms in total. The van der Waals surface area contributed by atoms with E-state index < -0.39 is 0 Å². The average Bonchev–Trinajstić information content (AvgIpc) is 2.97. The number of nitrogens with zero attached hydrogens (tertiary/aromatic N) is 2. The molecule has 2 amide bonds. The standard InChI is InChI=1S/C32H32N2O4/c1-37-29-19-26-15-17-33(21-28(26)20-30(29)38-2)31(35)22-34(16-14-23-8-4-3-5-9-23)32(36)27-13-12-24-10-6-7-11-25(24)18-27/h3-13,18-20H,14-17,21-22H2,1-2H3. The van der Waals surface area contributed by atoms with E-state index in [1.165, 1.54) is 0 Å². The zero-order chi connectivity index (χ0) is 26.5. The zero-order valence-electron chi connectivity index (χ0n) is 21.9. The van der Waals surface area contributed by atoms with Crippen molar-refractivity contribution in [3.8, 4) is 11.5 Å². The molecule has 194 valence electrons. The Kier molecular flexibility index (Phi) is 7.59. The largest absolute Gasteiger partial charge is 0.493 e. The first-order chi connectivity index (χ1) is 18.6. The molecule has 0 N–H and O–H groups in total. The van der Waals surface area contributed by atoms with Crippen LogP contribution in [0.15, 0.2) is 84.9 Å². The lowest BCUT2D eigenvalue weighted by molar-refractivity contribution is -0.132. The van der Waals surface area contributed by atoms with E-state index in [4.69, 9.17) is 9.47 Å². The van der Waals surface area contributed by atoms with Crippen LogP contribution in [0.4, 0.5) is 0 Å². The van der Waals surface area contributed by atoms with Crippen LogP contribution in [0, 0.1) is 0 Å². The van der Waals surface area contributed by atoms with Crippen molar-refractivity contribution in [1.29, 1.82) is 0 Å². The van der Waals surface area contributed by atoms with Crippen molar-refractivity contribution in [3.63, 3.8) is 0 Å². The fraction of sp³-hybridized carbons (Fsp3) is 0.250. The molecule has 4 aromatic rings. The molecular formula is C32H32N2O4. The van der Waals surface area contributed by atoms with Gasteiger partial charge in [0.1, 0.15) is 6.54 Å². The van der Waals surface area contributed by atoms with Crippen molar-refractivity contribution in [2.75, 3.05) is 33.9 Å². The Bertz CT molecular complexity index is 1450. The molecule has 1 aliphatic rings. The van der Waals surface area contributed by atoms with Crippen LogP contribution >= 0.6 is 0 Å². The summed E-state index contributed by atoms with van der Waals surface area (Å²) in [5.41, 5.74) is 3.91. The predicted octanol–water partition coefficient (Wildman–Crippen LogP) is 5.13. The summed E-state index contributed by atoms with van der Waals surface area (Å²) in [4.78, 5) is 30.8. The van der Waals surface area contributed by atoms with Crippen LogP contribution in [0.3, 0.4) is 0 Å². The monoisotopic (exact) mass is 508 g/mol. The summed E-state index contributed by atoms with van der Waals surface area (Å²) in [6.45, 7) is 1.56. The van der Waals surface area contributed by atoms with E-state index in [0.29, 0.717) is 43.1 Å². The number of fused-ring (bicyclic) bond motifs is 2. The van der Waals surface area contributed by atoms with Crippen LogP contribution in [-0.4, -0.2) is 55.5 Å². The Labute approximate surface area is 223 Å². The first kappa shape index (κ1) is 25.3. The second-order valence-corrected chi connectivity index (χ2v) is 9.57. The molecule has 0 radical (unpaired) electrons. The van der Waals surface area contributed by atoms with Crippen LogP contribution in [0.25, 0.3) is 10.8 Å². The summed E-state index contributed by atoms with van der Waals surface area (Å²) in [6, 6.07) is 27.7. The van der Waals surface area contributed by atoms with Gasteiger partial charge in [0.15, 0.2) is 11.5 Å². The number of carbonyl (C=O) groups excluding carboxylic acids is 2. The molecule has 0 saturated carbocycles. The van der Waals surface area contributed by atoms with Crippen LogP contribution in [0.5, 0.6) is 11.5 Å². The molecule has 6 heteroatoms. The van der Waals surface area contributed by atoms with E-state index in [9.17, 15) is 9.59 Å². The van der Waals surface area contributed by atoms with Crippen LogP contribution < -0.4 is 9.47 Å². The van der Waals surface area contributed by atoms with E-state index in [1.807, 2.05) is 89.8 Å². The molecule has 4 aromatic carbocycles. The lowest BCUT2D eigenvalue weighted by atomic mass is 9.98.